The largest absolute Gasteiger partial charge is 0.341 e. The number of carbonyl (C=O) groups excluding carboxylic acids is 1. The van der Waals surface area contributed by atoms with E-state index in [1.54, 1.807) is 13.0 Å². The molecular formula is C15H21FN2O. The van der Waals surface area contributed by atoms with Gasteiger partial charge in [-0.25, -0.2) is 4.39 Å². The highest BCUT2D eigenvalue weighted by Gasteiger charge is 2.21. The number of likely N-dealkylation sites (tertiary alicyclic amines) is 1. The fourth-order valence-electron chi connectivity index (χ4n) is 2.40. The Morgan fingerprint density at radius 1 is 1.47 bits per heavy atom. The quantitative estimate of drug-likeness (QED) is 0.884. The molecule has 1 saturated heterocycles. The van der Waals surface area contributed by atoms with Gasteiger partial charge in [-0.2, -0.15) is 0 Å². The second-order valence-corrected chi connectivity index (χ2v) is 5.31. The third-order valence-corrected chi connectivity index (χ3v) is 3.54. The van der Waals surface area contributed by atoms with E-state index < -0.39 is 0 Å². The van der Waals surface area contributed by atoms with E-state index in [9.17, 15) is 9.18 Å². The van der Waals surface area contributed by atoms with Crippen LogP contribution in [-0.2, 0) is 11.3 Å². The molecule has 1 atom stereocenters. The summed E-state index contributed by atoms with van der Waals surface area (Å²) in [6.07, 6.45) is 1.66. The maximum atomic E-state index is 13.1. The number of nitrogens with zero attached hydrogens (tertiary/aromatic N) is 1. The molecule has 1 aliphatic rings. The van der Waals surface area contributed by atoms with Crippen LogP contribution in [0.2, 0.25) is 0 Å². The van der Waals surface area contributed by atoms with Gasteiger partial charge in [0.15, 0.2) is 0 Å². The number of halogens is 1. The van der Waals surface area contributed by atoms with Crippen molar-refractivity contribution in [3.8, 4) is 0 Å². The van der Waals surface area contributed by atoms with Crippen molar-refractivity contribution in [2.24, 2.45) is 0 Å². The van der Waals surface area contributed by atoms with Crippen LogP contribution in [0, 0.1) is 12.7 Å². The first-order valence-electron chi connectivity index (χ1n) is 6.82. The van der Waals surface area contributed by atoms with Crippen molar-refractivity contribution < 1.29 is 9.18 Å². The van der Waals surface area contributed by atoms with Crippen molar-refractivity contribution in [3.63, 3.8) is 0 Å². The monoisotopic (exact) mass is 264 g/mol. The second-order valence-electron chi connectivity index (χ2n) is 5.31. The Kier molecular flexibility index (Phi) is 4.53. The Morgan fingerprint density at radius 3 is 2.89 bits per heavy atom. The smallest absolute Gasteiger partial charge is 0.222 e. The van der Waals surface area contributed by atoms with Crippen LogP contribution in [0.5, 0.6) is 0 Å². The summed E-state index contributed by atoms with van der Waals surface area (Å²) in [5, 5.41) is 3.38. The zero-order valence-corrected chi connectivity index (χ0v) is 11.6. The minimum absolute atomic E-state index is 0.167. The SMILES string of the molecule is Cc1cc(CNC(C)CN2CCCC2=O)ccc1F. The Balaban J connectivity index is 1.81. The van der Waals surface area contributed by atoms with E-state index in [0.717, 1.165) is 25.1 Å². The van der Waals surface area contributed by atoms with Gasteiger partial charge < -0.3 is 10.2 Å². The van der Waals surface area contributed by atoms with E-state index in [2.05, 4.69) is 12.2 Å². The topological polar surface area (TPSA) is 32.3 Å². The van der Waals surface area contributed by atoms with Crippen LogP contribution in [0.1, 0.15) is 30.9 Å². The summed E-state index contributed by atoms with van der Waals surface area (Å²) in [6.45, 7) is 6.16. The van der Waals surface area contributed by atoms with Crippen LogP contribution in [0.25, 0.3) is 0 Å². The summed E-state index contributed by atoms with van der Waals surface area (Å²) in [6, 6.07) is 5.40. The molecule has 2 rings (SSSR count). The summed E-state index contributed by atoms with van der Waals surface area (Å²) in [7, 11) is 0. The Labute approximate surface area is 113 Å². The Bertz CT molecular complexity index is 461. The van der Waals surface area contributed by atoms with Crippen LogP contribution < -0.4 is 5.32 Å². The molecule has 104 valence electrons. The zero-order valence-electron chi connectivity index (χ0n) is 11.6. The lowest BCUT2D eigenvalue weighted by atomic mass is 10.1. The molecule has 0 aliphatic carbocycles. The Morgan fingerprint density at radius 2 is 2.26 bits per heavy atom. The number of amides is 1. The molecule has 0 bridgehead atoms. The molecule has 1 aromatic rings. The average molecular weight is 264 g/mol. The molecule has 1 amide bonds. The highest BCUT2D eigenvalue weighted by atomic mass is 19.1. The molecule has 1 heterocycles. The summed E-state index contributed by atoms with van der Waals surface area (Å²) in [4.78, 5) is 13.4. The van der Waals surface area contributed by atoms with E-state index in [1.165, 1.54) is 6.07 Å². The van der Waals surface area contributed by atoms with Crippen molar-refractivity contribution in [2.45, 2.75) is 39.3 Å². The highest BCUT2D eigenvalue weighted by Crippen LogP contribution is 2.11. The minimum Gasteiger partial charge on any atom is -0.341 e. The van der Waals surface area contributed by atoms with Gasteiger partial charge in [0.05, 0.1) is 0 Å². The number of hydrogen-bond acceptors (Lipinski definition) is 2. The predicted molar refractivity (Wildman–Crippen MR) is 73.3 cm³/mol. The van der Waals surface area contributed by atoms with E-state index in [1.807, 2.05) is 11.0 Å². The van der Waals surface area contributed by atoms with Crippen molar-refractivity contribution in [1.29, 1.82) is 0 Å². The molecule has 4 heteroatoms. The normalized spacial score (nSPS) is 17.0. The van der Waals surface area contributed by atoms with Gasteiger partial charge in [-0.3, -0.25) is 4.79 Å². The fraction of sp³-hybridized carbons (Fsp3) is 0.533. The number of benzene rings is 1. The van der Waals surface area contributed by atoms with Gasteiger partial charge >= 0.3 is 0 Å². The van der Waals surface area contributed by atoms with Crippen LogP contribution in [0.3, 0.4) is 0 Å². The lowest BCUT2D eigenvalue weighted by Crippen LogP contribution is -2.39. The van der Waals surface area contributed by atoms with Gasteiger partial charge in [-0.05, 0) is 37.5 Å². The first-order valence-corrected chi connectivity index (χ1v) is 6.82. The van der Waals surface area contributed by atoms with Crippen LogP contribution >= 0.6 is 0 Å². The molecule has 1 N–H and O–H groups in total. The van der Waals surface area contributed by atoms with Gasteiger partial charge in [-0.1, -0.05) is 12.1 Å². The predicted octanol–water partition coefficient (Wildman–Crippen LogP) is 2.23. The maximum absolute atomic E-state index is 13.1. The van der Waals surface area contributed by atoms with E-state index in [0.29, 0.717) is 18.5 Å². The molecule has 3 nitrogen and oxygen atoms in total. The Hall–Kier alpha value is -1.42. The summed E-state index contributed by atoms with van der Waals surface area (Å²) in [5.74, 6) is 0.0886. The third-order valence-electron chi connectivity index (χ3n) is 3.54. The molecule has 19 heavy (non-hydrogen) atoms. The standard InChI is InChI=1S/C15H21FN2O/c1-11-8-13(5-6-14(11)16)9-17-12(2)10-18-7-3-4-15(18)19/h5-6,8,12,17H,3-4,7,9-10H2,1-2H3. The molecular weight excluding hydrogens is 243 g/mol. The number of aryl methyl sites for hydroxylation is 1. The first-order chi connectivity index (χ1) is 9.06. The van der Waals surface area contributed by atoms with Gasteiger partial charge in [0, 0.05) is 32.1 Å². The van der Waals surface area contributed by atoms with Gasteiger partial charge in [0.1, 0.15) is 5.82 Å². The first kappa shape index (κ1) is 14.0. The molecule has 0 saturated carbocycles. The van der Waals surface area contributed by atoms with Crippen molar-refractivity contribution in [1.82, 2.24) is 10.2 Å². The third kappa shape index (κ3) is 3.77. The molecule has 0 aromatic heterocycles. The van der Waals surface area contributed by atoms with E-state index >= 15 is 0 Å². The van der Waals surface area contributed by atoms with E-state index in [4.69, 9.17) is 0 Å². The number of hydrogen-bond donors (Lipinski definition) is 1. The highest BCUT2D eigenvalue weighted by molar-refractivity contribution is 5.78. The summed E-state index contributed by atoms with van der Waals surface area (Å²) < 4.78 is 13.1. The van der Waals surface area contributed by atoms with Crippen molar-refractivity contribution in [2.75, 3.05) is 13.1 Å². The van der Waals surface area contributed by atoms with Crippen LogP contribution in [0.4, 0.5) is 4.39 Å². The number of nitrogens with one attached hydrogen (secondary N) is 1. The second kappa shape index (κ2) is 6.15. The zero-order chi connectivity index (χ0) is 13.8. The molecule has 1 fully saturated rings. The summed E-state index contributed by atoms with van der Waals surface area (Å²) >= 11 is 0. The van der Waals surface area contributed by atoms with Crippen LogP contribution in [-0.4, -0.2) is 29.9 Å². The molecule has 1 unspecified atom stereocenters. The van der Waals surface area contributed by atoms with E-state index in [-0.39, 0.29) is 17.8 Å². The van der Waals surface area contributed by atoms with Crippen molar-refractivity contribution >= 4 is 5.91 Å². The van der Waals surface area contributed by atoms with Gasteiger partial charge in [0.25, 0.3) is 0 Å². The number of carbonyl (C=O) groups is 1. The average Bonchev–Trinajstić information content (AvgIpc) is 2.77. The van der Waals surface area contributed by atoms with Gasteiger partial charge in [0.2, 0.25) is 5.91 Å². The number of rotatable bonds is 5. The lowest BCUT2D eigenvalue weighted by Gasteiger charge is -2.21. The van der Waals surface area contributed by atoms with Gasteiger partial charge in [-0.15, -0.1) is 0 Å². The van der Waals surface area contributed by atoms with Crippen LogP contribution in [0.15, 0.2) is 18.2 Å². The minimum atomic E-state index is -0.167. The molecule has 1 aromatic carbocycles. The fourth-order valence-corrected chi connectivity index (χ4v) is 2.40. The lowest BCUT2D eigenvalue weighted by molar-refractivity contribution is -0.127. The van der Waals surface area contributed by atoms with Crippen molar-refractivity contribution in [3.05, 3.63) is 35.1 Å². The molecule has 1 aliphatic heterocycles. The summed E-state index contributed by atoms with van der Waals surface area (Å²) in [5.41, 5.74) is 1.74. The molecule has 0 radical (unpaired) electrons. The maximum Gasteiger partial charge on any atom is 0.222 e. The molecule has 0 spiro atoms.